The Morgan fingerprint density at radius 2 is 1.33 bits per heavy atom. The lowest BCUT2D eigenvalue weighted by atomic mass is 9.99. The standard InChI is InChI=1S/C15H36O3SSi2/c1-9-15(19,20-14(7,8)13(5)6)21(16-10-2,17-11-3)18-12-4/h13,19H,9-12,20H2,1-8H3/t15-/m0/s1. The summed E-state index contributed by atoms with van der Waals surface area (Å²) in [6, 6.07) is 0. The van der Waals surface area contributed by atoms with E-state index in [1.165, 1.54) is 0 Å². The van der Waals surface area contributed by atoms with E-state index < -0.39 is 18.3 Å². The van der Waals surface area contributed by atoms with Crippen LogP contribution in [0.5, 0.6) is 0 Å². The highest BCUT2D eigenvalue weighted by Crippen LogP contribution is 2.43. The predicted molar refractivity (Wildman–Crippen MR) is 100 cm³/mol. The molecule has 0 saturated heterocycles. The molecule has 0 heterocycles. The van der Waals surface area contributed by atoms with Gasteiger partial charge in [-0.05, 0) is 38.1 Å². The molecule has 128 valence electrons. The van der Waals surface area contributed by atoms with Crippen molar-refractivity contribution >= 4 is 31.0 Å². The van der Waals surface area contributed by atoms with Gasteiger partial charge in [-0.2, -0.15) is 12.6 Å². The Morgan fingerprint density at radius 1 is 0.952 bits per heavy atom. The van der Waals surface area contributed by atoms with Gasteiger partial charge in [0, 0.05) is 19.8 Å². The molecule has 0 rings (SSSR count). The first-order valence-corrected chi connectivity index (χ1v) is 11.9. The molecule has 0 radical (unpaired) electrons. The van der Waals surface area contributed by atoms with Gasteiger partial charge in [-0.15, -0.1) is 0 Å². The van der Waals surface area contributed by atoms with E-state index in [1.807, 2.05) is 20.8 Å². The van der Waals surface area contributed by atoms with Crippen LogP contribution in [0.15, 0.2) is 0 Å². The van der Waals surface area contributed by atoms with Gasteiger partial charge in [-0.3, -0.25) is 0 Å². The summed E-state index contributed by atoms with van der Waals surface area (Å²) >= 11 is 5.14. The molecule has 0 aliphatic carbocycles. The van der Waals surface area contributed by atoms with Gasteiger partial charge < -0.3 is 13.3 Å². The highest BCUT2D eigenvalue weighted by atomic mass is 32.1. The average molecular weight is 353 g/mol. The van der Waals surface area contributed by atoms with E-state index >= 15 is 0 Å². The highest BCUT2D eigenvalue weighted by molar-refractivity contribution is 7.86. The van der Waals surface area contributed by atoms with Crippen molar-refractivity contribution in [3.63, 3.8) is 0 Å². The van der Waals surface area contributed by atoms with Gasteiger partial charge in [0.1, 0.15) is 0 Å². The summed E-state index contributed by atoms with van der Waals surface area (Å²) in [7, 11) is -3.38. The van der Waals surface area contributed by atoms with Gasteiger partial charge in [0.05, 0.1) is 13.5 Å². The largest absolute Gasteiger partial charge is 0.513 e. The van der Waals surface area contributed by atoms with Gasteiger partial charge in [-0.1, -0.05) is 34.6 Å². The first kappa shape index (κ1) is 21.7. The monoisotopic (exact) mass is 352 g/mol. The summed E-state index contributed by atoms with van der Waals surface area (Å²) in [6.45, 7) is 19.4. The fraction of sp³-hybridized carbons (Fsp3) is 1.00. The van der Waals surface area contributed by atoms with E-state index in [9.17, 15) is 0 Å². The van der Waals surface area contributed by atoms with Crippen LogP contribution >= 0.6 is 12.6 Å². The Kier molecular flexibility index (Phi) is 9.37. The molecule has 21 heavy (non-hydrogen) atoms. The van der Waals surface area contributed by atoms with Crippen molar-refractivity contribution in [3.8, 4) is 0 Å². The van der Waals surface area contributed by atoms with Gasteiger partial charge in [0.2, 0.25) is 0 Å². The van der Waals surface area contributed by atoms with Crippen LogP contribution in [0.1, 0.15) is 61.8 Å². The molecule has 0 aliphatic rings. The molecule has 0 aromatic heterocycles. The molecule has 6 heteroatoms. The summed E-state index contributed by atoms with van der Waals surface area (Å²) < 4.78 is 18.2. The third-order valence-corrected chi connectivity index (χ3v) is 14.2. The van der Waals surface area contributed by atoms with Crippen LogP contribution in [-0.2, 0) is 13.3 Å². The minimum Gasteiger partial charge on any atom is -0.373 e. The van der Waals surface area contributed by atoms with Crippen LogP contribution in [-0.4, -0.2) is 42.1 Å². The van der Waals surface area contributed by atoms with Crippen LogP contribution in [0.3, 0.4) is 0 Å². The zero-order valence-corrected chi connectivity index (χ0v) is 18.6. The van der Waals surface area contributed by atoms with Gasteiger partial charge in [0.15, 0.2) is 0 Å². The lowest BCUT2D eigenvalue weighted by molar-refractivity contribution is 0.0648. The quantitative estimate of drug-likeness (QED) is 0.454. The molecule has 0 saturated carbocycles. The predicted octanol–water partition coefficient (Wildman–Crippen LogP) is 3.63. The SMILES string of the molecule is CCO[Si](OCC)(OCC)[C@](S)(CC)[SiH2]C(C)(C)C(C)C. The first-order chi connectivity index (χ1) is 9.64. The molecule has 0 aromatic rings. The zero-order valence-electron chi connectivity index (χ0n) is 15.3. The molecule has 0 spiro atoms. The van der Waals surface area contributed by atoms with Crippen molar-refractivity contribution in [1.82, 2.24) is 0 Å². The van der Waals surface area contributed by atoms with E-state index in [-0.39, 0.29) is 3.99 Å². The molecular formula is C15H36O3SSi2. The third-order valence-electron chi connectivity index (χ3n) is 4.47. The Labute approximate surface area is 141 Å². The van der Waals surface area contributed by atoms with E-state index in [0.717, 1.165) is 6.42 Å². The first-order valence-electron chi connectivity index (χ1n) is 8.28. The van der Waals surface area contributed by atoms with Crippen LogP contribution in [0.25, 0.3) is 0 Å². The normalized spacial score (nSPS) is 16.9. The van der Waals surface area contributed by atoms with Crippen molar-refractivity contribution in [1.29, 1.82) is 0 Å². The Balaban J connectivity index is 5.63. The van der Waals surface area contributed by atoms with E-state index in [0.29, 0.717) is 30.8 Å². The topological polar surface area (TPSA) is 27.7 Å². The Hall–Kier alpha value is 0.664. The summed E-state index contributed by atoms with van der Waals surface area (Å²) in [6.07, 6.45) is 0.935. The summed E-state index contributed by atoms with van der Waals surface area (Å²) in [5, 5.41) is 0.293. The second-order valence-electron chi connectivity index (χ2n) is 6.56. The van der Waals surface area contributed by atoms with Crippen molar-refractivity contribution < 1.29 is 13.3 Å². The fourth-order valence-electron chi connectivity index (χ4n) is 2.51. The highest BCUT2D eigenvalue weighted by Gasteiger charge is 2.59. The number of thiol groups is 1. The van der Waals surface area contributed by atoms with Crippen LogP contribution in [0, 0.1) is 5.92 Å². The molecule has 0 unspecified atom stereocenters. The molecule has 0 aliphatic heterocycles. The van der Waals surface area contributed by atoms with Crippen LogP contribution in [0.2, 0.25) is 5.04 Å². The second kappa shape index (κ2) is 9.08. The Bertz CT molecular complexity index is 284. The molecule has 0 aromatic carbocycles. The average Bonchev–Trinajstić information content (AvgIpc) is 2.38. The molecule has 0 bridgehead atoms. The molecule has 3 nitrogen and oxygen atoms in total. The van der Waals surface area contributed by atoms with Crippen molar-refractivity contribution in [3.05, 3.63) is 0 Å². The lowest BCUT2D eigenvalue weighted by Gasteiger charge is -2.46. The van der Waals surface area contributed by atoms with Crippen molar-refractivity contribution in [2.75, 3.05) is 19.8 Å². The molecule has 1 atom stereocenters. The maximum Gasteiger partial charge on any atom is 0.513 e. The zero-order chi connectivity index (χ0) is 16.7. The second-order valence-corrected chi connectivity index (χ2v) is 15.5. The molecular weight excluding hydrogens is 316 g/mol. The van der Waals surface area contributed by atoms with E-state index in [2.05, 4.69) is 34.6 Å². The van der Waals surface area contributed by atoms with Crippen molar-refractivity contribution in [2.45, 2.75) is 70.8 Å². The molecule has 0 amide bonds. The minimum atomic E-state index is -2.78. The lowest BCUT2D eigenvalue weighted by Crippen LogP contribution is -2.66. The van der Waals surface area contributed by atoms with Gasteiger partial charge >= 0.3 is 8.80 Å². The maximum absolute atomic E-state index is 6.14. The van der Waals surface area contributed by atoms with Crippen LogP contribution < -0.4 is 0 Å². The van der Waals surface area contributed by atoms with Gasteiger partial charge in [-0.25, -0.2) is 0 Å². The summed E-state index contributed by atoms with van der Waals surface area (Å²) in [5.74, 6) is 0.624. The van der Waals surface area contributed by atoms with Crippen LogP contribution in [0.4, 0.5) is 0 Å². The van der Waals surface area contributed by atoms with E-state index in [1.54, 1.807) is 0 Å². The van der Waals surface area contributed by atoms with Crippen molar-refractivity contribution in [2.24, 2.45) is 5.92 Å². The summed E-state index contributed by atoms with van der Waals surface area (Å²) in [5.41, 5.74) is 0. The third kappa shape index (κ3) is 5.35. The smallest absolute Gasteiger partial charge is 0.373 e. The molecule has 0 N–H and O–H groups in total. The van der Waals surface area contributed by atoms with Gasteiger partial charge in [0.25, 0.3) is 0 Å². The number of rotatable bonds is 11. The molecule has 0 fully saturated rings. The Morgan fingerprint density at radius 3 is 1.57 bits per heavy atom. The minimum absolute atomic E-state index is 0.219. The fourth-order valence-corrected chi connectivity index (χ4v) is 12.3. The number of hydrogen-bond acceptors (Lipinski definition) is 4. The maximum atomic E-state index is 6.14. The summed E-state index contributed by atoms with van der Waals surface area (Å²) in [4.78, 5) is 0. The number of hydrogen-bond donors (Lipinski definition) is 1. The van der Waals surface area contributed by atoms with E-state index in [4.69, 9.17) is 25.9 Å².